The lowest BCUT2D eigenvalue weighted by Gasteiger charge is -2.19. The summed E-state index contributed by atoms with van der Waals surface area (Å²) >= 11 is 7.63. The van der Waals surface area contributed by atoms with Crippen molar-refractivity contribution in [2.24, 2.45) is 0 Å². The van der Waals surface area contributed by atoms with Crippen molar-refractivity contribution >= 4 is 40.9 Å². The zero-order valence-electron chi connectivity index (χ0n) is 15.5. The summed E-state index contributed by atoms with van der Waals surface area (Å²) in [5.41, 5.74) is 2.05. The highest BCUT2D eigenvalue weighted by molar-refractivity contribution is 7.98. The molecule has 144 valence electrons. The van der Waals surface area contributed by atoms with Gasteiger partial charge in [0, 0.05) is 10.6 Å². The fourth-order valence-electron chi connectivity index (χ4n) is 2.45. The Morgan fingerprint density at radius 3 is 2.52 bits per heavy atom. The molecule has 2 rings (SSSR count). The Hall–Kier alpha value is -2.18. The van der Waals surface area contributed by atoms with Crippen molar-refractivity contribution in [3.05, 3.63) is 58.6 Å². The zero-order valence-corrected chi connectivity index (χ0v) is 17.1. The smallest absolute Gasteiger partial charge is 0.251 e. The van der Waals surface area contributed by atoms with E-state index in [0.717, 1.165) is 11.3 Å². The lowest BCUT2D eigenvalue weighted by molar-refractivity contribution is -0.118. The van der Waals surface area contributed by atoms with Crippen LogP contribution in [0.5, 0.6) is 5.75 Å². The van der Waals surface area contributed by atoms with Gasteiger partial charge in [0.1, 0.15) is 11.8 Å². The van der Waals surface area contributed by atoms with Crippen LogP contribution in [0.1, 0.15) is 22.3 Å². The standard InChI is InChI=1S/C20H23ClN2O3S/c1-13-4-6-14(7-5-13)19(24)22-16(10-11-27-3)20(25)23-17-12-15(21)8-9-18(17)26-2/h4-9,12,16H,10-11H2,1-3H3,(H,22,24)(H,23,25). The van der Waals surface area contributed by atoms with E-state index in [2.05, 4.69) is 10.6 Å². The molecule has 0 spiro atoms. The van der Waals surface area contributed by atoms with Crippen LogP contribution in [0.2, 0.25) is 5.02 Å². The second kappa shape index (κ2) is 10.2. The van der Waals surface area contributed by atoms with E-state index in [4.69, 9.17) is 16.3 Å². The molecule has 0 heterocycles. The fraction of sp³-hybridized carbons (Fsp3) is 0.300. The summed E-state index contributed by atoms with van der Waals surface area (Å²) in [7, 11) is 1.52. The van der Waals surface area contributed by atoms with Crippen molar-refractivity contribution in [1.29, 1.82) is 0 Å². The summed E-state index contributed by atoms with van der Waals surface area (Å²) in [4.78, 5) is 25.3. The summed E-state index contributed by atoms with van der Waals surface area (Å²) < 4.78 is 5.26. The van der Waals surface area contributed by atoms with E-state index in [1.54, 1.807) is 42.1 Å². The number of benzene rings is 2. The molecule has 0 aliphatic rings. The number of methoxy groups -OCH3 is 1. The van der Waals surface area contributed by atoms with E-state index in [9.17, 15) is 9.59 Å². The number of aryl methyl sites for hydroxylation is 1. The van der Waals surface area contributed by atoms with Gasteiger partial charge < -0.3 is 15.4 Å². The Kier molecular flexibility index (Phi) is 8.00. The van der Waals surface area contributed by atoms with Gasteiger partial charge in [-0.1, -0.05) is 29.3 Å². The van der Waals surface area contributed by atoms with Crippen molar-refractivity contribution in [3.8, 4) is 5.75 Å². The average molecular weight is 407 g/mol. The van der Waals surface area contributed by atoms with Crippen LogP contribution < -0.4 is 15.4 Å². The van der Waals surface area contributed by atoms with E-state index < -0.39 is 6.04 Å². The molecule has 1 atom stereocenters. The third-order valence-electron chi connectivity index (χ3n) is 3.97. The number of thioether (sulfide) groups is 1. The van der Waals surface area contributed by atoms with Crippen molar-refractivity contribution in [2.45, 2.75) is 19.4 Å². The van der Waals surface area contributed by atoms with Gasteiger partial charge in [-0.15, -0.1) is 0 Å². The van der Waals surface area contributed by atoms with Crippen molar-refractivity contribution in [1.82, 2.24) is 5.32 Å². The number of amides is 2. The molecule has 2 N–H and O–H groups in total. The Labute approximate surface area is 168 Å². The third-order valence-corrected chi connectivity index (χ3v) is 4.84. The van der Waals surface area contributed by atoms with Crippen LogP contribution in [0, 0.1) is 6.92 Å². The molecule has 2 amide bonds. The van der Waals surface area contributed by atoms with Gasteiger partial charge in [-0.3, -0.25) is 9.59 Å². The Balaban J connectivity index is 2.14. The molecular formula is C20H23ClN2O3S. The topological polar surface area (TPSA) is 67.4 Å². The summed E-state index contributed by atoms with van der Waals surface area (Å²) in [6, 6.07) is 11.5. The van der Waals surface area contributed by atoms with E-state index in [1.165, 1.54) is 7.11 Å². The van der Waals surface area contributed by atoms with Gasteiger partial charge in [0.05, 0.1) is 12.8 Å². The molecule has 2 aromatic rings. The first-order valence-corrected chi connectivity index (χ1v) is 10.2. The molecule has 0 saturated heterocycles. The first-order chi connectivity index (χ1) is 12.9. The normalized spacial score (nSPS) is 11.6. The average Bonchev–Trinajstić information content (AvgIpc) is 2.65. The highest BCUT2D eigenvalue weighted by Gasteiger charge is 2.22. The van der Waals surface area contributed by atoms with Crippen LogP contribution in [0.3, 0.4) is 0 Å². The molecule has 0 radical (unpaired) electrons. The van der Waals surface area contributed by atoms with Gasteiger partial charge in [0.25, 0.3) is 5.91 Å². The number of rotatable bonds is 8. The molecule has 0 aliphatic carbocycles. The van der Waals surface area contributed by atoms with Crippen molar-refractivity contribution in [3.63, 3.8) is 0 Å². The number of hydrogen-bond donors (Lipinski definition) is 2. The van der Waals surface area contributed by atoms with Crippen molar-refractivity contribution in [2.75, 3.05) is 24.4 Å². The number of anilines is 1. The molecule has 27 heavy (non-hydrogen) atoms. The van der Waals surface area contributed by atoms with Gasteiger partial charge in [-0.05, 0) is 55.7 Å². The summed E-state index contributed by atoms with van der Waals surface area (Å²) in [6.45, 7) is 1.95. The molecule has 5 nitrogen and oxygen atoms in total. The number of ether oxygens (including phenoxy) is 1. The molecule has 0 bridgehead atoms. The quantitative estimate of drug-likeness (QED) is 0.691. The van der Waals surface area contributed by atoms with Crippen LogP contribution in [0.15, 0.2) is 42.5 Å². The number of carbonyl (C=O) groups is 2. The van der Waals surface area contributed by atoms with Gasteiger partial charge in [0.2, 0.25) is 5.91 Å². The highest BCUT2D eigenvalue weighted by Crippen LogP contribution is 2.27. The lowest BCUT2D eigenvalue weighted by atomic mass is 10.1. The van der Waals surface area contributed by atoms with Crippen LogP contribution in [-0.4, -0.2) is 37.0 Å². The molecular weight excluding hydrogens is 384 g/mol. The monoisotopic (exact) mass is 406 g/mol. The molecule has 0 aromatic heterocycles. The van der Waals surface area contributed by atoms with Gasteiger partial charge in [-0.25, -0.2) is 0 Å². The Bertz CT molecular complexity index is 796. The lowest BCUT2D eigenvalue weighted by Crippen LogP contribution is -2.44. The summed E-state index contributed by atoms with van der Waals surface area (Å²) in [6.07, 6.45) is 2.46. The van der Waals surface area contributed by atoms with Gasteiger partial charge in [-0.2, -0.15) is 11.8 Å². The van der Waals surface area contributed by atoms with Crippen LogP contribution >= 0.6 is 23.4 Å². The number of halogens is 1. The first kappa shape index (κ1) is 21.1. The first-order valence-electron chi connectivity index (χ1n) is 8.45. The number of hydrogen-bond acceptors (Lipinski definition) is 4. The SMILES string of the molecule is COc1ccc(Cl)cc1NC(=O)C(CCSC)NC(=O)c1ccc(C)cc1. The second-order valence-corrected chi connectivity index (χ2v) is 7.43. The minimum Gasteiger partial charge on any atom is -0.495 e. The molecule has 1 unspecified atom stereocenters. The maximum atomic E-state index is 12.8. The van der Waals surface area contributed by atoms with E-state index in [0.29, 0.717) is 28.4 Å². The highest BCUT2D eigenvalue weighted by atomic mass is 35.5. The van der Waals surface area contributed by atoms with E-state index >= 15 is 0 Å². The molecule has 2 aromatic carbocycles. The zero-order chi connectivity index (χ0) is 19.8. The maximum Gasteiger partial charge on any atom is 0.251 e. The van der Waals surface area contributed by atoms with Crippen molar-refractivity contribution < 1.29 is 14.3 Å². The van der Waals surface area contributed by atoms with E-state index in [-0.39, 0.29) is 11.8 Å². The van der Waals surface area contributed by atoms with Crippen LogP contribution in [0.4, 0.5) is 5.69 Å². The van der Waals surface area contributed by atoms with Crippen LogP contribution in [-0.2, 0) is 4.79 Å². The summed E-state index contributed by atoms with van der Waals surface area (Å²) in [5, 5.41) is 6.11. The molecule has 0 aliphatic heterocycles. The fourth-order valence-corrected chi connectivity index (χ4v) is 3.09. The third kappa shape index (κ3) is 6.19. The predicted octanol–water partition coefficient (Wildman–Crippen LogP) is 4.15. The molecule has 0 saturated carbocycles. The Morgan fingerprint density at radius 2 is 1.89 bits per heavy atom. The minimum atomic E-state index is -0.671. The number of nitrogens with one attached hydrogen (secondary N) is 2. The maximum absolute atomic E-state index is 12.8. The molecule has 0 fully saturated rings. The predicted molar refractivity (Wildman–Crippen MR) is 112 cm³/mol. The van der Waals surface area contributed by atoms with E-state index in [1.807, 2.05) is 25.3 Å². The number of carbonyl (C=O) groups excluding carboxylic acids is 2. The minimum absolute atomic E-state index is 0.283. The largest absolute Gasteiger partial charge is 0.495 e. The van der Waals surface area contributed by atoms with Gasteiger partial charge in [0.15, 0.2) is 0 Å². The molecule has 7 heteroatoms. The van der Waals surface area contributed by atoms with Gasteiger partial charge >= 0.3 is 0 Å². The second-order valence-electron chi connectivity index (χ2n) is 6.01. The Morgan fingerprint density at radius 1 is 1.19 bits per heavy atom. The summed E-state index contributed by atoms with van der Waals surface area (Å²) in [5.74, 6) is 0.638. The van der Waals surface area contributed by atoms with Crippen LogP contribution in [0.25, 0.3) is 0 Å².